The molecule has 5 heteroatoms. The van der Waals surface area contributed by atoms with E-state index in [9.17, 15) is 4.79 Å². The van der Waals surface area contributed by atoms with E-state index in [2.05, 4.69) is 10.6 Å². The van der Waals surface area contributed by atoms with Gasteiger partial charge in [0.1, 0.15) is 6.10 Å². The van der Waals surface area contributed by atoms with Crippen molar-refractivity contribution in [2.75, 3.05) is 13.7 Å². The molecular formula is C19H28N2O3. The van der Waals surface area contributed by atoms with Crippen molar-refractivity contribution in [1.29, 1.82) is 0 Å². The molecule has 2 fully saturated rings. The van der Waals surface area contributed by atoms with Gasteiger partial charge in [0.2, 0.25) is 5.91 Å². The molecule has 1 amide bonds. The number of hydrogen-bond acceptors (Lipinski definition) is 4. The lowest BCUT2D eigenvalue weighted by atomic mass is 9.85. The van der Waals surface area contributed by atoms with Gasteiger partial charge in [-0.15, -0.1) is 0 Å². The first kappa shape index (κ1) is 17.1. The van der Waals surface area contributed by atoms with Crippen molar-refractivity contribution in [3.05, 3.63) is 24.3 Å². The van der Waals surface area contributed by atoms with Gasteiger partial charge in [-0.3, -0.25) is 4.79 Å². The molecule has 4 unspecified atom stereocenters. The Hall–Kier alpha value is -1.75. The van der Waals surface area contributed by atoms with Crippen LogP contribution in [-0.4, -0.2) is 37.7 Å². The van der Waals surface area contributed by atoms with Crippen LogP contribution in [0.4, 0.5) is 0 Å². The fourth-order valence-electron chi connectivity index (χ4n) is 3.86. The fourth-order valence-corrected chi connectivity index (χ4v) is 3.86. The molecule has 132 valence electrons. The summed E-state index contributed by atoms with van der Waals surface area (Å²) in [6.07, 6.45) is 5.91. The van der Waals surface area contributed by atoms with Gasteiger partial charge in [0.25, 0.3) is 0 Å². The van der Waals surface area contributed by atoms with Gasteiger partial charge in [-0.1, -0.05) is 25.0 Å². The number of ether oxygens (including phenoxy) is 2. The van der Waals surface area contributed by atoms with Crippen molar-refractivity contribution in [3.8, 4) is 11.5 Å². The summed E-state index contributed by atoms with van der Waals surface area (Å²) in [7, 11) is 1.62. The predicted molar refractivity (Wildman–Crippen MR) is 93.4 cm³/mol. The van der Waals surface area contributed by atoms with Crippen LogP contribution in [0.5, 0.6) is 11.5 Å². The Balaban J connectivity index is 1.46. The van der Waals surface area contributed by atoms with E-state index < -0.39 is 0 Å². The van der Waals surface area contributed by atoms with E-state index in [4.69, 9.17) is 9.47 Å². The van der Waals surface area contributed by atoms with E-state index in [0.717, 1.165) is 6.42 Å². The second-order valence-electron chi connectivity index (χ2n) is 6.93. The second kappa shape index (κ2) is 7.88. The highest BCUT2D eigenvalue weighted by atomic mass is 16.5. The molecule has 0 bridgehead atoms. The Labute approximate surface area is 144 Å². The second-order valence-corrected chi connectivity index (χ2v) is 6.93. The number of hydrogen-bond donors (Lipinski definition) is 2. The number of methoxy groups -OCH3 is 1. The predicted octanol–water partition coefficient (Wildman–Crippen LogP) is 2.50. The normalized spacial score (nSPS) is 27.2. The molecule has 5 nitrogen and oxygen atoms in total. The molecule has 1 heterocycles. The lowest BCUT2D eigenvalue weighted by Gasteiger charge is -2.24. The van der Waals surface area contributed by atoms with E-state index in [1.165, 1.54) is 25.7 Å². The lowest BCUT2D eigenvalue weighted by Crippen LogP contribution is -2.45. The summed E-state index contributed by atoms with van der Waals surface area (Å²) < 4.78 is 11.2. The number of nitrogens with one attached hydrogen (secondary N) is 2. The van der Waals surface area contributed by atoms with Crippen LogP contribution in [0, 0.1) is 5.92 Å². The Morgan fingerprint density at radius 2 is 2.04 bits per heavy atom. The average Bonchev–Trinajstić information content (AvgIpc) is 3.04. The molecule has 1 saturated carbocycles. The van der Waals surface area contributed by atoms with Crippen molar-refractivity contribution in [2.45, 2.75) is 57.2 Å². The van der Waals surface area contributed by atoms with E-state index in [0.29, 0.717) is 30.0 Å². The molecule has 1 aliphatic carbocycles. The topological polar surface area (TPSA) is 59.6 Å². The summed E-state index contributed by atoms with van der Waals surface area (Å²) in [4.78, 5) is 12.4. The highest BCUT2D eigenvalue weighted by molar-refractivity contribution is 5.82. The number of fused-ring (bicyclic) bond motifs is 1. The molecule has 1 aliphatic heterocycles. The molecule has 1 saturated heterocycles. The van der Waals surface area contributed by atoms with E-state index in [1.54, 1.807) is 7.11 Å². The van der Waals surface area contributed by atoms with Crippen molar-refractivity contribution < 1.29 is 14.3 Å². The summed E-state index contributed by atoms with van der Waals surface area (Å²) in [5.41, 5.74) is 0. The van der Waals surface area contributed by atoms with Crippen LogP contribution in [0.25, 0.3) is 0 Å². The number of amides is 1. The van der Waals surface area contributed by atoms with Crippen LogP contribution in [0.2, 0.25) is 0 Å². The number of carbonyl (C=O) groups excluding carboxylic acids is 1. The molecule has 0 spiro atoms. The third-order valence-corrected chi connectivity index (χ3v) is 5.14. The molecule has 0 radical (unpaired) electrons. The summed E-state index contributed by atoms with van der Waals surface area (Å²) in [6, 6.07) is 8.05. The number of benzene rings is 1. The summed E-state index contributed by atoms with van der Waals surface area (Å²) >= 11 is 0. The first-order chi connectivity index (χ1) is 11.7. The average molecular weight is 332 g/mol. The highest BCUT2D eigenvalue weighted by Gasteiger charge is 2.38. The summed E-state index contributed by atoms with van der Waals surface area (Å²) in [6.45, 7) is 2.44. The van der Waals surface area contributed by atoms with E-state index in [1.807, 2.05) is 31.2 Å². The standard InChI is InChI=1S/C19H28N2O3/c1-13(24-18-10-6-5-9-17(18)23-2)12-20-19(22)16-11-14-7-3-4-8-15(14)21-16/h5-6,9-10,13-16,21H,3-4,7-8,11-12H2,1-2H3,(H,20,22). The monoisotopic (exact) mass is 332 g/mol. The molecular weight excluding hydrogens is 304 g/mol. The first-order valence-corrected chi connectivity index (χ1v) is 9.01. The maximum Gasteiger partial charge on any atom is 0.237 e. The molecule has 2 aliphatic rings. The lowest BCUT2D eigenvalue weighted by molar-refractivity contribution is -0.123. The van der Waals surface area contributed by atoms with Crippen LogP contribution in [-0.2, 0) is 4.79 Å². The van der Waals surface area contributed by atoms with Gasteiger partial charge < -0.3 is 20.1 Å². The Morgan fingerprint density at radius 3 is 2.79 bits per heavy atom. The molecule has 3 rings (SSSR count). The van der Waals surface area contributed by atoms with Crippen LogP contribution >= 0.6 is 0 Å². The van der Waals surface area contributed by atoms with Crippen molar-refractivity contribution in [3.63, 3.8) is 0 Å². The van der Waals surface area contributed by atoms with Gasteiger partial charge in [0, 0.05) is 6.04 Å². The molecule has 2 N–H and O–H groups in total. The quantitative estimate of drug-likeness (QED) is 0.840. The minimum Gasteiger partial charge on any atom is -0.493 e. The zero-order chi connectivity index (χ0) is 16.9. The molecule has 0 aromatic heterocycles. The van der Waals surface area contributed by atoms with Gasteiger partial charge in [0.05, 0.1) is 19.7 Å². The number of para-hydroxylation sites is 2. The Morgan fingerprint density at radius 1 is 1.29 bits per heavy atom. The third kappa shape index (κ3) is 4.01. The molecule has 24 heavy (non-hydrogen) atoms. The van der Waals surface area contributed by atoms with Crippen molar-refractivity contribution in [1.82, 2.24) is 10.6 Å². The largest absolute Gasteiger partial charge is 0.493 e. The van der Waals surface area contributed by atoms with Crippen molar-refractivity contribution >= 4 is 5.91 Å². The highest BCUT2D eigenvalue weighted by Crippen LogP contribution is 2.33. The van der Waals surface area contributed by atoms with Crippen LogP contribution < -0.4 is 20.1 Å². The maximum absolute atomic E-state index is 12.4. The zero-order valence-corrected chi connectivity index (χ0v) is 14.6. The van der Waals surface area contributed by atoms with E-state index >= 15 is 0 Å². The summed E-state index contributed by atoms with van der Waals surface area (Å²) in [5, 5.41) is 6.54. The van der Waals surface area contributed by atoms with Gasteiger partial charge >= 0.3 is 0 Å². The smallest absolute Gasteiger partial charge is 0.237 e. The molecule has 1 aromatic carbocycles. The van der Waals surface area contributed by atoms with Crippen LogP contribution in [0.3, 0.4) is 0 Å². The summed E-state index contributed by atoms with van der Waals surface area (Å²) in [5.74, 6) is 2.18. The number of rotatable bonds is 6. The van der Waals surface area contributed by atoms with E-state index in [-0.39, 0.29) is 18.1 Å². The first-order valence-electron chi connectivity index (χ1n) is 9.01. The maximum atomic E-state index is 12.4. The Kier molecular flexibility index (Phi) is 5.61. The van der Waals surface area contributed by atoms with Gasteiger partial charge in [-0.2, -0.15) is 0 Å². The zero-order valence-electron chi connectivity index (χ0n) is 14.6. The number of carbonyl (C=O) groups is 1. The SMILES string of the molecule is COc1ccccc1OC(C)CNC(=O)C1CC2CCCCC2N1. The van der Waals surface area contributed by atoms with Crippen molar-refractivity contribution in [2.24, 2.45) is 5.92 Å². The third-order valence-electron chi connectivity index (χ3n) is 5.14. The van der Waals surface area contributed by atoms with Crippen LogP contribution in [0.1, 0.15) is 39.0 Å². The minimum atomic E-state index is -0.117. The van der Waals surface area contributed by atoms with Crippen LogP contribution in [0.15, 0.2) is 24.3 Å². The van der Waals surface area contributed by atoms with Gasteiger partial charge in [-0.25, -0.2) is 0 Å². The van der Waals surface area contributed by atoms with Gasteiger partial charge in [0.15, 0.2) is 11.5 Å². The Bertz CT molecular complexity index is 549. The fraction of sp³-hybridized carbons (Fsp3) is 0.632. The van der Waals surface area contributed by atoms with Gasteiger partial charge in [-0.05, 0) is 44.2 Å². The molecule has 4 atom stereocenters. The molecule has 1 aromatic rings. The minimum absolute atomic E-state index is 0.0449.